The molecule has 0 amide bonds. The molecule has 0 aromatic heterocycles. The van der Waals surface area contributed by atoms with E-state index >= 15 is 0 Å². The normalized spacial score (nSPS) is 11.6. The highest BCUT2D eigenvalue weighted by Gasteiger charge is 2.08. The molecule has 4 nitrogen and oxygen atoms in total. The van der Waals surface area contributed by atoms with E-state index in [0.717, 1.165) is 14.3 Å². The van der Waals surface area contributed by atoms with Crippen LogP contribution in [0.15, 0.2) is 36.4 Å². The average Bonchev–Trinajstić information content (AvgIpc) is 2.17. The van der Waals surface area contributed by atoms with Gasteiger partial charge in [-0.05, 0) is 40.1 Å². The van der Waals surface area contributed by atoms with Gasteiger partial charge in [-0.3, -0.25) is 9.27 Å². The van der Waals surface area contributed by atoms with Crippen LogP contribution in [-0.2, 0) is 10.3 Å². The van der Waals surface area contributed by atoms with E-state index in [-0.39, 0.29) is 0 Å². The number of hydrogen-bond donors (Lipinski definition) is 2. The first-order valence-electron chi connectivity index (χ1n) is 4.40. The van der Waals surface area contributed by atoms with Crippen LogP contribution >= 0.6 is 22.6 Å². The molecule has 0 aliphatic heterocycles. The van der Waals surface area contributed by atoms with E-state index in [1.807, 2.05) is 18.2 Å². The molecule has 0 atom stereocenters. The molecular formula is C10H8INO3S. The van der Waals surface area contributed by atoms with Crippen molar-refractivity contribution in [2.24, 2.45) is 0 Å². The third-order valence-electron chi connectivity index (χ3n) is 2.11. The van der Waals surface area contributed by atoms with Crippen LogP contribution in [0, 0.1) is 3.57 Å². The molecule has 0 fully saturated rings. The van der Waals surface area contributed by atoms with Gasteiger partial charge in [0.15, 0.2) is 0 Å². The van der Waals surface area contributed by atoms with Crippen LogP contribution in [0.4, 0.5) is 5.69 Å². The van der Waals surface area contributed by atoms with Gasteiger partial charge in [0.2, 0.25) is 0 Å². The molecule has 0 saturated carbocycles. The maximum atomic E-state index is 10.8. The summed E-state index contributed by atoms with van der Waals surface area (Å²) in [6.07, 6.45) is 0. The highest BCUT2D eigenvalue weighted by atomic mass is 127. The van der Waals surface area contributed by atoms with E-state index in [1.165, 1.54) is 0 Å². The molecule has 0 bridgehead atoms. The monoisotopic (exact) mass is 349 g/mol. The second-order valence-corrected chi connectivity index (χ2v) is 5.53. The third kappa shape index (κ3) is 2.45. The van der Waals surface area contributed by atoms with Crippen LogP contribution in [0.5, 0.6) is 0 Å². The summed E-state index contributed by atoms with van der Waals surface area (Å²) in [5.74, 6) is 0. The standard InChI is InChI=1S/C10H8INO3S/c11-9-5-1-4-8-7(9)3-2-6-10(8)12-16(13,14)15/h1-6,12H,(H,13,14,15). The van der Waals surface area contributed by atoms with E-state index in [2.05, 4.69) is 27.3 Å². The fourth-order valence-corrected chi connectivity index (χ4v) is 2.63. The number of benzene rings is 2. The molecule has 0 unspecified atom stereocenters. The van der Waals surface area contributed by atoms with Gasteiger partial charge in [-0.25, -0.2) is 0 Å². The van der Waals surface area contributed by atoms with E-state index in [4.69, 9.17) is 4.55 Å². The first kappa shape index (κ1) is 11.6. The van der Waals surface area contributed by atoms with Gasteiger partial charge in [0, 0.05) is 8.96 Å². The fourth-order valence-electron chi connectivity index (χ4n) is 1.50. The van der Waals surface area contributed by atoms with Gasteiger partial charge < -0.3 is 0 Å². The average molecular weight is 349 g/mol. The topological polar surface area (TPSA) is 66.4 Å². The summed E-state index contributed by atoms with van der Waals surface area (Å²) in [5.41, 5.74) is 0.374. The van der Waals surface area contributed by atoms with Crippen LogP contribution in [-0.4, -0.2) is 13.0 Å². The smallest absolute Gasteiger partial charge is 0.269 e. The van der Waals surface area contributed by atoms with Crippen LogP contribution < -0.4 is 4.72 Å². The summed E-state index contributed by atoms with van der Waals surface area (Å²) < 4.78 is 33.4. The summed E-state index contributed by atoms with van der Waals surface area (Å²) in [4.78, 5) is 0. The van der Waals surface area contributed by atoms with Gasteiger partial charge in [-0.2, -0.15) is 8.42 Å². The number of nitrogens with one attached hydrogen (secondary N) is 1. The minimum atomic E-state index is -4.23. The maximum absolute atomic E-state index is 10.8. The molecule has 0 heterocycles. The largest absolute Gasteiger partial charge is 0.357 e. The lowest BCUT2D eigenvalue weighted by Gasteiger charge is -2.07. The minimum Gasteiger partial charge on any atom is -0.269 e. The summed E-state index contributed by atoms with van der Waals surface area (Å²) in [7, 11) is -4.23. The lowest BCUT2D eigenvalue weighted by molar-refractivity contribution is 0.490. The molecule has 0 aliphatic carbocycles. The Morgan fingerprint density at radius 2 is 1.69 bits per heavy atom. The van der Waals surface area contributed by atoms with Crippen LogP contribution in [0.1, 0.15) is 0 Å². The first-order valence-corrected chi connectivity index (χ1v) is 6.92. The van der Waals surface area contributed by atoms with Gasteiger partial charge in [0.25, 0.3) is 0 Å². The van der Waals surface area contributed by atoms with Gasteiger partial charge in [0.1, 0.15) is 0 Å². The summed E-state index contributed by atoms with van der Waals surface area (Å²) in [6.45, 7) is 0. The van der Waals surface area contributed by atoms with E-state index < -0.39 is 10.3 Å². The molecule has 2 N–H and O–H groups in total. The molecular weight excluding hydrogens is 341 g/mol. The SMILES string of the molecule is O=S(=O)(O)Nc1cccc2c(I)cccc12. The van der Waals surface area contributed by atoms with Crippen molar-refractivity contribution in [2.45, 2.75) is 0 Å². The summed E-state index contributed by atoms with van der Waals surface area (Å²) in [6, 6.07) is 10.8. The van der Waals surface area contributed by atoms with Gasteiger partial charge in [0.05, 0.1) is 5.69 Å². The molecule has 0 aliphatic rings. The maximum Gasteiger partial charge on any atom is 0.357 e. The van der Waals surface area contributed by atoms with Crippen molar-refractivity contribution in [2.75, 3.05) is 4.72 Å². The molecule has 84 valence electrons. The van der Waals surface area contributed by atoms with Crippen molar-refractivity contribution in [1.29, 1.82) is 0 Å². The van der Waals surface area contributed by atoms with Crippen molar-refractivity contribution >= 4 is 49.4 Å². The zero-order chi connectivity index (χ0) is 11.8. The second-order valence-electron chi connectivity index (χ2n) is 3.22. The van der Waals surface area contributed by atoms with Crippen molar-refractivity contribution in [3.63, 3.8) is 0 Å². The first-order chi connectivity index (χ1) is 7.47. The number of anilines is 1. The number of rotatable bonds is 2. The molecule has 0 spiro atoms. The Morgan fingerprint density at radius 1 is 1.06 bits per heavy atom. The molecule has 2 aromatic carbocycles. The predicted molar refractivity (Wildman–Crippen MR) is 71.8 cm³/mol. The fraction of sp³-hybridized carbons (Fsp3) is 0. The van der Waals surface area contributed by atoms with Crippen molar-refractivity contribution in [3.05, 3.63) is 40.0 Å². The molecule has 16 heavy (non-hydrogen) atoms. The predicted octanol–water partition coefficient (Wildman–Crippen LogP) is 2.66. The second kappa shape index (κ2) is 4.19. The van der Waals surface area contributed by atoms with Crippen molar-refractivity contribution in [1.82, 2.24) is 0 Å². The lowest BCUT2D eigenvalue weighted by atomic mass is 10.1. The Bertz CT molecular complexity index is 640. The zero-order valence-corrected chi connectivity index (χ0v) is 11.0. The molecule has 6 heteroatoms. The molecule has 2 aromatic rings. The Kier molecular flexibility index (Phi) is 3.04. The Morgan fingerprint density at radius 3 is 2.38 bits per heavy atom. The summed E-state index contributed by atoms with van der Waals surface area (Å²) >= 11 is 2.17. The van der Waals surface area contributed by atoms with Gasteiger partial charge in [-0.15, -0.1) is 0 Å². The van der Waals surface area contributed by atoms with Gasteiger partial charge >= 0.3 is 10.3 Å². The third-order valence-corrected chi connectivity index (χ3v) is 3.53. The van der Waals surface area contributed by atoms with Crippen molar-refractivity contribution < 1.29 is 13.0 Å². The number of hydrogen-bond acceptors (Lipinski definition) is 2. The van der Waals surface area contributed by atoms with Crippen molar-refractivity contribution in [3.8, 4) is 0 Å². The number of fused-ring (bicyclic) bond motifs is 1. The zero-order valence-electron chi connectivity index (χ0n) is 8.01. The van der Waals surface area contributed by atoms with Gasteiger partial charge in [-0.1, -0.05) is 24.3 Å². The molecule has 0 radical (unpaired) electrons. The van der Waals surface area contributed by atoms with Crippen LogP contribution in [0.3, 0.4) is 0 Å². The molecule has 0 saturated heterocycles. The van der Waals surface area contributed by atoms with Crippen LogP contribution in [0.2, 0.25) is 0 Å². The highest BCUT2D eigenvalue weighted by Crippen LogP contribution is 2.27. The summed E-state index contributed by atoms with van der Waals surface area (Å²) in [5, 5.41) is 1.70. The Labute approximate surface area is 107 Å². The van der Waals surface area contributed by atoms with E-state index in [1.54, 1.807) is 18.2 Å². The Balaban J connectivity index is 2.67. The van der Waals surface area contributed by atoms with Crippen LogP contribution in [0.25, 0.3) is 10.8 Å². The Hall–Kier alpha value is -0.860. The van der Waals surface area contributed by atoms with E-state index in [0.29, 0.717) is 5.69 Å². The highest BCUT2D eigenvalue weighted by molar-refractivity contribution is 14.1. The lowest BCUT2D eigenvalue weighted by Crippen LogP contribution is -2.10. The quantitative estimate of drug-likeness (QED) is 0.647. The molecule has 2 rings (SSSR count). The van der Waals surface area contributed by atoms with E-state index in [9.17, 15) is 8.42 Å². The number of halogens is 1. The minimum absolute atomic E-state index is 0.374.